The zero-order valence-electron chi connectivity index (χ0n) is 12.3. The van der Waals surface area contributed by atoms with E-state index in [1.807, 2.05) is 30.3 Å². The zero-order valence-corrected chi connectivity index (χ0v) is 13.1. The van der Waals surface area contributed by atoms with Gasteiger partial charge in [-0.05, 0) is 30.7 Å². The van der Waals surface area contributed by atoms with Gasteiger partial charge in [0.25, 0.3) is 0 Å². The molecule has 1 unspecified atom stereocenters. The monoisotopic (exact) mass is 323 g/mol. The predicted molar refractivity (Wildman–Crippen MR) is 91.2 cm³/mol. The van der Waals surface area contributed by atoms with Crippen molar-refractivity contribution in [2.75, 3.05) is 18.0 Å². The number of H-pyrrole nitrogens is 1. The lowest BCUT2D eigenvalue weighted by atomic mass is 10.1. The number of anilines is 1. The maximum absolute atomic E-state index is 7.10. The molecule has 1 saturated heterocycles. The van der Waals surface area contributed by atoms with Gasteiger partial charge in [0.2, 0.25) is 0 Å². The Kier molecular flexibility index (Phi) is 3.40. The second-order valence-electron chi connectivity index (χ2n) is 5.68. The van der Waals surface area contributed by atoms with E-state index < -0.39 is 0 Å². The van der Waals surface area contributed by atoms with Crippen molar-refractivity contribution in [2.24, 2.45) is 0 Å². The Morgan fingerprint density at radius 1 is 1.35 bits per heavy atom. The minimum atomic E-state index is 0.317. The van der Waals surface area contributed by atoms with Crippen molar-refractivity contribution in [3.63, 3.8) is 0 Å². The van der Waals surface area contributed by atoms with Gasteiger partial charge in [0, 0.05) is 25.2 Å². The van der Waals surface area contributed by atoms with Crippen molar-refractivity contribution in [1.29, 1.82) is 0 Å². The number of nitrogens with one attached hydrogen (secondary N) is 1. The van der Waals surface area contributed by atoms with E-state index in [1.165, 1.54) is 0 Å². The average Bonchev–Trinajstić information content (AvgIpc) is 3.21. The molecule has 0 saturated carbocycles. The SMILES string of the molecule is [C-]#[N+]c1ccc2[nH]c(C3CCN(c4ncccc4Cl)C3)nc2c1. The molecule has 3 aromatic rings. The molecule has 4 rings (SSSR count). The molecular weight excluding hydrogens is 310 g/mol. The lowest BCUT2D eigenvalue weighted by molar-refractivity contribution is 0.725. The second-order valence-corrected chi connectivity index (χ2v) is 6.08. The standard InChI is InChI=1S/C17H14ClN5/c1-19-12-4-5-14-15(9-12)22-16(21-14)11-6-8-23(10-11)17-13(18)3-2-7-20-17/h2-5,7,9,11H,6,8,10H2,(H,21,22). The summed E-state index contributed by atoms with van der Waals surface area (Å²) in [6.07, 6.45) is 2.77. The summed E-state index contributed by atoms with van der Waals surface area (Å²) in [5, 5.41) is 0.680. The van der Waals surface area contributed by atoms with Crippen LogP contribution in [0.1, 0.15) is 18.2 Å². The Balaban J connectivity index is 1.60. The number of pyridine rings is 1. The highest BCUT2D eigenvalue weighted by molar-refractivity contribution is 6.32. The molecule has 1 aliphatic rings. The van der Waals surface area contributed by atoms with Gasteiger partial charge in [-0.1, -0.05) is 17.7 Å². The van der Waals surface area contributed by atoms with Crippen LogP contribution < -0.4 is 4.90 Å². The molecule has 0 aliphatic carbocycles. The molecule has 6 heteroatoms. The average molecular weight is 324 g/mol. The number of aromatic amines is 1. The van der Waals surface area contributed by atoms with Gasteiger partial charge in [-0.15, -0.1) is 0 Å². The molecule has 1 aromatic carbocycles. The maximum Gasteiger partial charge on any atom is 0.189 e. The highest BCUT2D eigenvalue weighted by atomic mass is 35.5. The van der Waals surface area contributed by atoms with E-state index in [0.29, 0.717) is 16.6 Å². The number of hydrogen-bond donors (Lipinski definition) is 1. The molecule has 1 aliphatic heterocycles. The van der Waals surface area contributed by atoms with Gasteiger partial charge in [-0.3, -0.25) is 0 Å². The van der Waals surface area contributed by atoms with E-state index in [2.05, 4.69) is 24.7 Å². The lowest BCUT2D eigenvalue weighted by Crippen LogP contribution is -2.20. The van der Waals surface area contributed by atoms with Crippen molar-refractivity contribution >= 4 is 34.1 Å². The highest BCUT2D eigenvalue weighted by Gasteiger charge is 2.28. The molecule has 23 heavy (non-hydrogen) atoms. The van der Waals surface area contributed by atoms with Crippen molar-refractivity contribution in [3.8, 4) is 0 Å². The molecule has 1 fully saturated rings. The van der Waals surface area contributed by atoms with Crippen LogP contribution in [0, 0.1) is 6.57 Å². The summed E-state index contributed by atoms with van der Waals surface area (Å²) in [6.45, 7) is 8.84. The number of fused-ring (bicyclic) bond motifs is 1. The van der Waals surface area contributed by atoms with Crippen LogP contribution in [-0.4, -0.2) is 28.0 Å². The zero-order chi connectivity index (χ0) is 15.8. The summed E-state index contributed by atoms with van der Waals surface area (Å²) in [5.41, 5.74) is 2.44. The number of benzene rings is 1. The Labute approximate surface area is 138 Å². The van der Waals surface area contributed by atoms with E-state index in [-0.39, 0.29) is 0 Å². The van der Waals surface area contributed by atoms with Gasteiger partial charge < -0.3 is 9.88 Å². The van der Waals surface area contributed by atoms with Crippen LogP contribution >= 0.6 is 11.6 Å². The molecule has 0 amide bonds. The van der Waals surface area contributed by atoms with E-state index >= 15 is 0 Å². The van der Waals surface area contributed by atoms with Crippen molar-refractivity contribution in [2.45, 2.75) is 12.3 Å². The molecule has 2 aromatic heterocycles. The maximum atomic E-state index is 7.10. The van der Waals surface area contributed by atoms with Gasteiger partial charge in [-0.25, -0.2) is 14.8 Å². The normalized spacial score (nSPS) is 17.6. The third-order valence-electron chi connectivity index (χ3n) is 4.23. The first-order valence-electron chi connectivity index (χ1n) is 7.47. The highest BCUT2D eigenvalue weighted by Crippen LogP contribution is 2.33. The first-order chi connectivity index (χ1) is 11.2. The Hall–Kier alpha value is -2.58. The summed E-state index contributed by atoms with van der Waals surface area (Å²) in [4.78, 5) is 18.1. The minimum Gasteiger partial charge on any atom is -0.355 e. The van der Waals surface area contributed by atoms with E-state index in [1.54, 1.807) is 6.20 Å². The van der Waals surface area contributed by atoms with Gasteiger partial charge in [0.05, 0.1) is 22.6 Å². The van der Waals surface area contributed by atoms with Gasteiger partial charge in [0.1, 0.15) is 11.6 Å². The number of halogens is 1. The smallest absolute Gasteiger partial charge is 0.189 e. The van der Waals surface area contributed by atoms with Crippen LogP contribution in [0.5, 0.6) is 0 Å². The third kappa shape index (κ3) is 2.51. The first-order valence-corrected chi connectivity index (χ1v) is 7.85. The second kappa shape index (κ2) is 5.56. The van der Waals surface area contributed by atoms with E-state index in [0.717, 1.165) is 42.2 Å². The summed E-state index contributed by atoms with van der Waals surface area (Å²) < 4.78 is 0. The molecule has 0 radical (unpaired) electrons. The summed E-state index contributed by atoms with van der Waals surface area (Å²) in [7, 11) is 0. The third-order valence-corrected chi connectivity index (χ3v) is 4.52. The van der Waals surface area contributed by atoms with E-state index in [9.17, 15) is 0 Å². The van der Waals surface area contributed by atoms with Crippen molar-refractivity contribution in [3.05, 3.63) is 58.8 Å². The molecule has 3 heterocycles. The molecular formula is C17H14ClN5. The molecule has 114 valence electrons. The minimum absolute atomic E-state index is 0.317. The molecule has 5 nitrogen and oxygen atoms in total. The fraction of sp³-hybridized carbons (Fsp3) is 0.235. The molecule has 1 atom stereocenters. The number of rotatable bonds is 2. The van der Waals surface area contributed by atoms with Crippen LogP contribution in [-0.2, 0) is 0 Å². The number of nitrogens with zero attached hydrogens (tertiary/aromatic N) is 4. The first kappa shape index (κ1) is 14.0. The summed E-state index contributed by atoms with van der Waals surface area (Å²) in [6, 6.07) is 9.26. The van der Waals surface area contributed by atoms with Gasteiger partial charge in [-0.2, -0.15) is 0 Å². The Morgan fingerprint density at radius 2 is 2.26 bits per heavy atom. The Morgan fingerprint density at radius 3 is 3.09 bits per heavy atom. The summed E-state index contributed by atoms with van der Waals surface area (Å²) >= 11 is 6.24. The lowest BCUT2D eigenvalue weighted by Gasteiger charge is -2.17. The quantitative estimate of drug-likeness (QED) is 0.720. The largest absolute Gasteiger partial charge is 0.355 e. The number of aromatic nitrogens is 3. The van der Waals surface area contributed by atoms with Crippen LogP contribution in [0.25, 0.3) is 15.9 Å². The van der Waals surface area contributed by atoms with Crippen LogP contribution in [0.3, 0.4) is 0 Å². The Bertz CT molecular complexity index is 911. The number of imidazole rings is 1. The van der Waals surface area contributed by atoms with E-state index in [4.69, 9.17) is 18.2 Å². The fourth-order valence-corrected chi connectivity index (χ4v) is 3.30. The molecule has 0 spiro atoms. The van der Waals surface area contributed by atoms with Crippen LogP contribution in [0.2, 0.25) is 5.02 Å². The number of hydrogen-bond acceptors (Lipinski definition) is 3. The van der Waals surface area contributed by atoms with Gasteiger partial charge in [0.15, 0.2) is 5.69 Å². The topological polar surface area (TPSA) is 49.2 Å². The van der Waals surface area contributed by atoms with Crippen molar-refractivity contribution in [1.82, 2.24) is 15.0 Å². The van der Waals surface area contributed by atoms with Crippen molar-refractivity contribution < 1.29 is 0 Å². The molecule has 1 N–H and O–H groups in total. The predicted octanol–water partition coefficient (Wildman–Crippen LogP) is 4.16. The molecule has 0 bridgehead atoms. The fourth-order valence-electron chi connectivity index (χ4n) is 3.06. The summed E-state index contributed by atoms with van der Waals surface area (Å²) in [5.74, 6) is 2.12. The van der Waals surface area contributed by atoms with Gasteiger partial charge >= 0.3 is 0 Å². The van der Waals surface area contributed by atoms with Crippen LogP contribution in [0.15, 0.2) is 36.5 Å². The van der Waals surface area contributed by atoms with Crippen LogP contribution in [0.4, 0.5) is 11.5 Å².